The first-order valence-corrected chi connectivity index (χ1v) is 17.4. The van der Waals surface area contributed by atoms with E-state index < -0.39 is 18.1 Å². The van der Waals surface area contributed by atoms with Gasteiger partial charge in [-0.15, -0.1) is 11.3 Å². The van der Waals surface area contributed by atoms with Crippen LogP contribution in [0.15, 0.2) is 5.38 Å². The smallest absolute Gasteiger partial charge is 0.308 e. The number of carbonyl (C=O) groups is 5. The molecular formula is C33H53N5O7S. The number of methoxy groups -OCH3 is 1. The van der Waals surface area contributed by atoms with Gasteiger partial charge in [-0.1, -0.05) is 34.1 Å². The maximum atomic E-state index is 13.9. The fraction of sp³-hybridized carbons (Fsp3) is 0.758. The van der Waals surface area contributed by atoms with Gasteiger partial charge in [-0.2, -0.15) is 0 Å². The molecule has 0 aromatic carbocycles. The van der Waals surface area contributed by atoms with Crippen LogP contribution in [0.4, 0.5) is 0 Å². The molecule has 3 rings (SSSR count). The third kappa shape index (κ3) is 9.97. The van der Waals surface area contributed by atoms with Crippen molar-refractivity contribution in [3.05, 3.63) is 16.1 Å². The highest BCUT2D eigenvalue weighted by Crippen LogP contribution is 2.31. The summed E-state index contributed by atoms with van der Waals surface area (Å²) in [6, 6.07) is -1.38. The summed E-state index contributed by atoms with van der Waals surface area (Å²) in [6.45, 7) is 10.00. The molecule has 0 spiro atoms. The van der Waals surface area contributed by atoms with Crippen LogP contribution in [0.3, 0.4) is 0 Å². The fourth-order valence-electron chi connectivity index (χ4n) is 6.49. The van der Waals surface area contributed by atoms with Crippen LogP contribution in [0.25, 0.3) is 0 Å². The molecule has 1 unspecified atom stereocenters. The molecule has 3 amide bonds. The Labute approximate surface area is 277 Å². The van der Waals surface area contributed by atoms with Gasteiger partial charge in [0.25, 0.3) is 5.91 Å². The molecule has 2 heterocycles. The van der Waals surface area contributed by atoms with E-state index in [0.29, 0.717) is 30.7 Å². The van der Waals surface area contributed by atoms with Crippen molar-refractivity contribution in [2.45, 2.75) is 116 Å². The quantitative estimate of drug-likeness (QED) is 0.302. The monoisotopic (exact) mass is 663 g/mol. The Bertz CT molecular complexity index is 1210. The van der Waals surface area contributed by atoms with Gasteiger partial charge >= 0.3 is 11.9 Å². The lowest BCUT2D eigenvalue weighted by molar-refractivity contribution is -0.149. The normalized spacial score (nSPS) is 22.4. The van der Waals surface area contributed by atoms with Crippen LogP contribution in [-0.4, -0.2) is 96.4 Å². The van der Waals surface area contributed by atoms with Crippen LogP contribution in [0.2, 0.25) is 0 Å². The van der Waals surface area contributed by atoms with Crippen molar-refractivity contribution in [1.82, 2.24) is 25.4 Å². The molecule has 1 saturated carbocycles. The number of hydrogen-bond donors (Lipinski definition) is 2. The van der Waals surface area contributed by atoms with E-state index >= 15 is 0 Å². The molecular weight excluding hydrogens is 610 g/mol. The summed E-state index contributed by atoms with van der Waals surface area (Å²) in [7, 11) is 5.05. The van der Waals surface area contributed by atoms with E-state index in [9.17, 15) is 24.0 Å². The van der Waals surface area contributed by atoms with Gasteiger partial charge in [0.05, 0.1) is 19.1 Å². The van der Waals surface area contributed by atoms with Crippen LogP contribution in [-0.2, 0) is 28.7 Å². The summed E-state index contributed by atoms with van der Waals surface area (Å²) in [4.78, 5) is 72.5. The molecule has 46 heavy (non-hydrogen) atoms. The van der Waals surface area contributed by atoms with Crippen molar-refractivity contribution in [3.8, 4) is 0 Å². The van der Waals surface area contributed by atoms with Crippen molar-refractivity contribution >= 4 is 41.0 Å². The molecule has 4 atom stereocenters. The molecule has 1 aliphatic carbocycles. The van der Waals surface area contributed by atoms with Gasteiger partial charge in [0, 0.05) is 37.9 Å². The van der Waals surface area contributed by atoms with E-state index in [1.54, 1.807) is 17.3 Å². The molecule has 1 aromatic heterocycles. The molecule has 1 saturated heterocycles. The number of nitrogens with one attached hydrogen (secondary N) is 2. The zero-order chi connectivity index (χ0) is 34.1. The zero-order valence-corrected chi connectivity index (χ0v) is 29.5. The van der Waals surface area contributed by atoms with Crippen molar-refractivity contribution < 1.29 is 33.4 Å². The molecule has 258 valence electrons. The molecule has 0 bridgehead atoms. The largest absolute Gasteiger partial charge is 0.469 e. The number of rotatable bonds is 13. The second-order valence-corrected chi connectivity index (χ2v) is 14.3. The van der Waals surface area contributed by atoms with E-state index in [2.05, 4.69) is 15.6 Å². The zero-order valence-electron chi connectivity index (χ0n) is 28.7. The third-order valence-corrected chi connectivity index (χ3v) is 10.2. The number of piperidine rings is 1. The van der Waals surface area contributed by atoms with Gasteiger partial charge < -0.3 is 25.0 Å². The molecule has 2 fully saturated rings. The van der Waals surface area contributed by atoms with Crippen LogP contribution in [0.5, 0.6) is 0 Å². The molecule has 12 nitrogen and oxygen atoms in total. The third-order valence-electron chi connectivity index (χ3n) is 9.31. The van der Waals surface area contributed by atoms with Crippen molar-refractivity contribution in [2.24, 2.45) is 17.8 Å². The lowest BCUT2D eigenvalue weighted by Crippen LogP contribution is -2.57. The maximum absolute atomic E-state index is 13.9. The maximum Gasteiger partial charge on any atom is 0.308 e. The van der Waals surface area contributed by atoms with E-state index in [4.69, 9.17) is 9.47 Å². The minimum Gasteiger partial charge on any atom is -0.469 e. The molecule has 0 radical (unpaired) electrons. The Morgan fingerprint density at radius 1 is 1.04 bits per heavy atom. The number of thiazole rings is 1. The number of carbonyl (C=O) groups excluding carboxylic acids is 5. The summed E-state index contributed by atoms with van der Waals surface area (Å²) in [5, 5.41) is 8.16. The van der Waals surface area contributed by atoms with E-state index in [1.807, 2.05) is 39.6 Å². The minimum atomic E-state index is -0.773. The van der Waals surface area contributed by atoms with E-state index in [1.165, 1.54) is 25.4 Å². The number of likely N-dealkylation sites (N-methyl/N-ethyl adjacent to an activating group) is 2. The van der Waals surface area contributed by atoms with Crippen LogP contribution < -0.4 is 10.6 Å². The van der Waals surface area contributed by atoms with Crippen molar-refractivity contribution in [1.29, 1.82) is 0 Å². The number of ether oxygens (including phenoxy) is 2. The van der Waals surface area contributed by atoms with E-state index in [-0.39, 0.29) is 71.7 Å². The van der Waals surface area contributed by atoms with Gasteiger partial charge in [0.15, 0.2) is 6.10 Å². The van der Waals surface area contributed by atoms with E-state index in [0.717, 1.165) is 25.8 Å². The Balaban J connectivity index is 1.71. The highest BCUT2D eigenvalue weighted by atomic mass is 32.1. The number of nitrogens with zero attached hydrogens (tertiary/aromatic N) is 3. The Kier molecular flexibility index (Phi) is 14.0. The Morgan fingerprint density at radius 2 is 1.72 bits per heavy atom. The summed E-state index contributed by atoms with van der Waals surface area (Å²) in [5.74, 6) is -1.66. The van der Waals surface area contributed by atoms with Crippen LogP contribution in [0, 0.1) is 17.8 Å². The predicted octanol–water partition coefficient (Wildman–Crippen LogP) is 3.71. The first-order chi connectivity index (χ1) is 21.7. The lowest BCUT2D eigenvalue weighted by atomic mass is 9.86. The van der Waals surface area contributed by atoms with Crippen LogP contribution in [0.1, 0.15) is 108 Å². The number of amides is 3. The fourth-order valence-corrected chi connectivity index (χ4v) is 7.33. The highest BCUT2D eigenvalue weighted by molar-refractivity contribution is 7.09. The van der Waals surface area contributed by atoms with Crippen LogP contribution >= 0.6 is 11.3 Å². The molecule has 1 aliphatic heterocycles. The second-order valence-electron chi connectivity index (χ2n) is 13.4. The highest BCUT2D eigenvalue weighted by Gasteiger charge is 2.37. The topological polar surface area (TPSA) is 147 Å². The molecule has 2 aliphatic rings. The van der Waals surface area contributed by atoms with Gasteiger partial charge in [-0.25, -0.2) is 4.98 Å². The molecule has 13 heteroatoms. The number of aromatic nitrogens is 1. The van der Waals surface area contributed by atoms with Gasteiger partial charge in [-0.3, -0.25) is 28.9 Å². The molecule has 1 aromatic rings. The minimum absolute atomic E-state index is 0.0113. The summed E-state index contributed by atoms with van der Waals surface area (Å²) >= 11 is 1.23. The van der Waals surface area contributed by atoms with Gasteiger partial charge in [-0.05, 0) is 64.0 Å². The van der Waals surface area contributed by atoms with Gasteiger partial charge in [0.1, 0.15) is 16.7 Å². The number of esters is 2. The van der Waals surface area contributed by atoms with Crippen molar-refractivity contribution in [3.63, 3.8) is 0 Å². The van der Waals surface area contributed by atoms with Gasteiger partial charge in [0.2, 0.25) is 11.8 Å². The Hall–Kier alpha value is -3.06. The average molecular weight is 664 g/mol. The first kappa shape index (κ1) is 37.4. The summed E-state index contributed by atoms with van der Waals surface area (Å²) < 4.78 is 10.6. The lowest BCUT2D eigenvalue weighted by Gasteiger charge is -2.37. The summed E-state index contributed by atoms with van der Waals surface area (Å²) in [5.41, 5.74) is 0.230. The SMILES string of the molecule is COC(=O)C1CCC(NC(=O)c2csc([C@@H](CC(C(C)C)N(C)C(=O)[C@@H](NC(=O)[C@H]3CCCCN3C)C(C)C)OC(C)=O)n2)CC1. The standard InChI is InChI=1S/C33H53N5O7S/c1-19(2)26(38(7)32(42)28(20(3)4)36-30(41)25-11-9-10-16-37(25)6)17-27(45-21(5)39)31-35-24(18-46-31)29(40)34-23-14-12-22(13-15-23)33(43)44-8/h18-20,22-23,25-28H,9-17H2,1-8H3,(H,34,40)(H,36,41)/t22?,23?,25-,26?,27-,28+/m1/s1. The average Bonchev–Trinajstić information content (AvgIpc) is 3.51. The number of hydrogen-bond acceptors (Lipinski definition) is 10. The summed E-state index contributed by atoms with van der Waals surface area (Å²) in [6.07, 6.45) is 4.94. The Morgan fingerprint density at radius 3 is 2.28 bits per heavy atom. The van der Waals surface area contributed by atoms with Crippen molar-refractivity contribution in [2.75, 3.05) is 27.7 Å². The first-order valence-electron chi connectivity index (χ1n) is 16.5. The number of likely N-dealkylation sites (tertiary alicyclic amines) is 1. The molecule has 2 N–H and O–H groups in total. The second kappa shape index (κ2) is 17.2. The predicted molar refractivity (Wildman–Crippen MR) is 175 cm³/mol.